The number of nitrogens with one attached hydrogen (secondary N) is 1. The Morgan fingerprint density at radius 1 is 0.862 bits per heavy atom. The molecular weight excluding hydrogens is 404 g/mol. The summed E-state index contributed by atoms with van der Waals surface area (Å²) in [5, 5.41) is 3.03. The second-order valence-electron chi connectivity index (χ2n) is 5.75. The Bertz CT molecular complexity index is 1010. The molecule has 1 amide bonds. The number of benzene rings is 3. The number of ether oxygens (including phenoxy) is 2. The Kier molecular flexibility index (Phi) is 6.41. The molecule has 5 nitrogen and oxygen atoms in total. The molecule has 0 aliphatic rings. The monoisotopic (exact) mass is 417 g/mol. The molecule has 0 aromatic heterocycles. The van der Waals surface area contributed by atoms with Crippen LogP contribution in [0.4, 0.5) is 14.5 Å². The van der Waals surface area contributed by atoms with E-state index in [-0.39, 0.29) is 23.0 Å². The van der Waals surface area contributed by atoms with Crippen molar-refractivity contribution in [2.24, 2.45) is 0 Å². The van der Waals surface area contributed by atoms with Crippen LogP contribution in [0.25, 0.3) is 0 Å². The van der Waals surface area contributed by atoms with Gasteiger partial charge in [0.15, 0.2) is 0 Å². The van der Waals surface area contributed by atoms with E-state index in [2.05, 4.69) is 10.1 Å². The molecule has 0 saturated heterocycles. The highest BCUT2D eigenvalue weighted by atomic mass is 35.5. The molecule has 8 heteroatoms. The van der Waals surface area contributed by atoms with Gasteiger partial charge in [0.05, 0.1) is 16.1 Å². The number of alkyl halides is 2. The Balaban J connectivity index is 1.61. The lowest BCUT2D eigenvalue weighted by atomic mass is 10.2. The van der Waals surface area contributed by atoms with E-state index in [9.17, 15) is 18.4 Å². The number of amides is 1. The molecule has 3 aromatic carbocycles. The highest BCUT2D eigenvalue weighted by molar-refractivity contribution is 6.34. The molecule has 0 fully saturated rings. The lowest BCUT2D eigenvalue weighted by Gasteiger charge is -2.09. The van der Waals surface area contributed by atoms with Gasteiger partial charge in [0.25, 0.3) is 5.91 Å². The molecule has 3 rings (SSSR count). The lowest BCUT2D eigenvalue weighted by Crippen LogP contribution is -2.12. The van der Waals surface area contributed by atoms with E-state index in [1.807, 2.05) is 0 Å². The molecule has 0 unspecified atom stereocenters. The Morgan fingerprint density at radius 2 is 1.48 bits per heavy atom. The van der Waals surface area contributed by atoms with Crippen molar-refractivity contribution in [3.8, 4) is 11.5 Å². The predicted molar refractivity (Wildman–Crippen MR) is 104 cm³/mol. The predicted octanol–water partition coefficient (Wildman–Crippen LogP) is 5.41. The lowest BCUT2D eigenvalue weighted by molar-refractivity contribution is -0.0498. The van der Waals surface area contributed by atoms with Crippen molar-refractivity contribution in [2.45, 2.75) is 6.61 Å². The van der Waals surface area contributed by atoms with Crippen molar-refractivity contribution in [2.75, 3.05) is 5.32 Å². The largest absolute Gasteiger partial charge is 0.435 e. The van der Waals surface area contributed by atoms with Crippen LogP contribution in [-0.2, 0) is 0 Å². The number of carbonyl (C=O) groups is 2. The van der Waals surface area contributed by atoms with Gasteiger partial charge >= 0.3 is 12.6 Å². The average molecular weight is 418 g/mol. The van der Waals surface area contributed by atoms with E-state index in [0.717, 1.165) is 0 Å². The Labute approximate surface area is 169 Å². The van der Waals surface area contributed by atoms with Crippen molar-refractivity contribution in [1.82, 2.24) is 0 Å². The number of esters is 1. The van der Waals surface area contributed by atoms with Crippen LogP contribution < -0.4 is 14.8 Å². The molecular formula is C21H14ClF2NO4. The minimum atomic E-state index is -2.94. The van der Waals surface area contributed by atoms with Gasteiger partial charge in [-0.15, -0.1) is 0 Å². The van der Waals surface area contributed by atoms with Gasteiger partial charge < -0.3 is 14.8 Å². The molecule has 0 aliphatic carbocycles. The standard InChI is InChI=1S/C21H14ClF2NO4/c22-18-4-2-1-3-17(18)19(26)25-14-7-11-15(12-8-14)28-20(27)13-5-9-16(10-6-13)29-21(23)24/h1-12,21H,(H,25,26). The maximum absolute atomic E-state index is 12.2. The fraction of sp³-hybridized carbons (Fsp3) is 0.0476. The summed E-state index contributed by atoms with van der Waals surface area (Å²) in [6.07, 6.45) is 0. The zero-order chi connectivity index (χ0) is 20.8. The topological polar surface area (TPSA) is 64.6 Å². The van der Waals surface area contributed by atoms with E-state index in [4.69, 9.17) is 16.3 Å². The minimum absolute atomic E-state index is 0.0600. The average Bonchev–Trinajstić information content (AvgIpc) is 2.70. The van der Waals surface area contributed by atoms with Crippen LogP contribution in [0.2, 0.25) is 5.02 Å². The van der Waals surface area contributed by atoms with E-state index in [0.29, 0.717) is 16.3 Å². The van der Waals surface area contributed by atoms with Gasteiger partial charge in [-0.25, -0.2) is 4.79 Å². The van der Waals surface area contributed by atoms with E-state index >= 15 is 0 Å². The van der Waals surface area contributed by atoms with Crippen molar-refractivity contribution >= 4 is 29.2 Å². The quantitative estimate of drug-likeness (QED) is 0.430. The second-order valence-corrected chi connectivity index (χ2v) is 6.16. The van der Waals surface area contributed by atoms with E-state index < -0.39 is 12.6 Å². The van der Waals surface area contributed by atoms with Crippen LogP contribution in [0.5, 0.6) is 11.5 Å². The van der Waals surface area contributed by atoms with Crippen molar-refractivity contribution in [3.63, 3.8) is 0 Å². The second kappa shape index (κ2) is 9.16. The molecule has 0 atom stereocenters. The summed E-state index contributed by atoms with van der Waals surface area (Å²) < 4.78 is 33.7. The van der Waals surface area contributed by atoms with Crippen LogP contribution in [0.1, 0.15) is 20.7 Å². The number of halogens is 3. The molecule has 0 saturated carbocycles. The van der Waals surface area contributed by atoms with E-state index in [1.54, 1.807) is 36.4 Å². The maximum Gasteiger partial charge on any atom is 0.387 e. The number of anilines is 1. The fourth-order valence-electron chi connectivity index (χ4n) is 2.39. The summed E-state index contributed by atoms with van der Waals surface area (Å²) in [4.78, 5) is 24.4. The van der Waals surface area contributed by atoms with Crippen molar-refractivity contribution < 1.29 is 27.8 Å². The molecule has 0 radical (unpaired) electrons. The number of carbonyl (C=O) groups excluding carboxylic acids is 2. The van der Waals surface area contributed by atoms with Gasteiger partial charge in [-0.1, -0.05) is 23.7 Å². The van der Waals surface area contributed by atoms with Crippen LogP contribution in [-0.4, -0.2) is 18.5 Å². The first kappa shape index (κ1) is 20.3. The summed E-state index contributed by atoms with van der Waals surface area (Å²) in [7, 11) is 0. The first-order chi connectivity index (χ1) is 13.9. The van der Waals surface area contributed by atoms with Gasteiger partial charge in [0.2, 0.25) is 0 Å². The SMILES string of the molecule is O=C(Oc1ccc(NC(=O)c2ccccc2Cl)cc1)c1ccc(OC(F)F)cc1. The molecule has 0 heterocycles. The number of rotatable bonds is 6. The van der Waals surface area contributed by atoms with Crippen molar-refractivity contribution in [3.05, 3.63) is 88.9 Å². The van der Waals surface area contributed by atoms with Crippen LogP contribution in [0.3, 0.4) is 0 Å². The molecule has 148 valence electrons. The van der Waals surface area contributed by atoms with Gasteiger partial charge in [0, 0.05) is 5.69 Å². The summed E-state index contributed by atoms with van der Waals surface area (Å²) in [6.45, 7) is -2.94. The summed E-state index contributed by atoms with van der Waals surface area (Å²) >= 11 is 6.00. The highest BCUT2D eigenvalue weighted by Crippen LogP contribution is 2.21. The van der Waals surface area contributed by atoms with Gasteiger partial charge in [-0.05, 0) is 60.7 Å². The number of hydrogen-bond donors (Lipinski definition) is 1. The third-order valence-electron chi connectivity index (χ3n) is 3.76. The van der Waals surface area contributed by atoms with Crippen LogP contribution >= 0.6 is 11.6 Å². The molecule has 0 spiro atoms. The zero-order valence-electron chi connectivity index (χ0n) is 14.8. The van der Waals surface area contributed by atoms with Crippen molar-refractivity contribution in [1.29, 1.82) is 0 Å². The third-order valence-corrected chi connectivity index (χ3v) is 4.09. The zero-order valence-corrected chi connectivity index (χ0v) is 15.5. The van der Waals surface area contributed by atoms with Gasteiger partial charge in [0.1, 0.15) is 11.5 Å². The number of hydrogen-bond acceptors (Lipinski definition) is 4. The molecule has 0 bridgehead atoms. The fourth-order valence-corrected chi connectivity index (χ4v) is 2.61. The van der Waals surface area contributed by atoms with Gasteiger partial charge in [-0.2, -0.15) is 8.78 Å². The van der Waals surface area contributed by atoms with Crippen LogP contribution in [0.15, 0.2) is 72.8 Å². The molecule has 0 aliphatic heterocycles. The molecule has 3 aromatic rings. The first-order valence-corrected chi connectivity index (χ1v) is 8.73. The minimum Gasteiger partial charge on any atom is -0.435 e. The summed E-state index contributed by atoms with van der Waals surface area (Å²) in [5.41, 5.74) is 0.995. The first-order valence-electron chi connectivity index (χ1n) is 8.35. The Morgan fingerprint density at radius 3 is 2.10 bits per heavy atom. The highest BCUT2D eigenvalue weighted by Gasteiger charge is 2.12. The maximum atomic E-state index is 12.2. The van der Waals surface area contributed by atoms with Gasteiger partial charge in [-0.3, -0.25) is 4.79 Å². The molecule has 29 heavy (non-hydrogen) atoms. The Hall–Kier alpha value is -3.45. The third kappa shape index (κ3) is 5.52. The summed E-state index contributed by atoms with van der Waals surface area (Å²) in [6, 6.07) is 17.9. The van der Waals surface area contributed by atoms with Crippen LogP contribution in [0, 0.1) is 0 Å². The van der Waals surface area contributed by atoms with E-state index in [1.165, 1.54) is 36.4 Å². The smallest absolute Gasteiger partial charge is 0.387 e. The normalized spacial score (nSPS) is 10.5. The molecule has 1 N–H and O–H groups in total. The summed E-state index contributed by atoms with van der Waals surface area (Å²) in [5.74, 6) is -0.846.